The highest BCUT2D eigenvalue weighted by Crippen LogP contribution is 2.20. The highest BCUT2D eigenvalue weighted by atomic mass is 35.5. The van der Waals surface area contributed by atoms with Crippen LogP contribution in [0.3, 0.4) is 0 Å². The molecule has 0 saturated heterocycles. The first-order valence-electron chi connectivity index (χ1n) is 7.99. The number of amides is 1. The first kappa shape index (κ1) is 21.1. The number of hydrogen-bond acceptors (Lipinski definition) is 2. The van der Waals surface area contributed by atoms with Gasteiger partial charge < -0.3 is 11.1 Å². The molecule has 0 bridgehead atoms. The van der Waals surface area contributed by atoms with E-state index in [2.05, 4.69) is 5.32 Å². The summed E-state index contributed by atoms with van der Waals surface area (Å²) in [4.78, 5) is 12.1. The van der Waals surface area contributed by atoms with Crippen molar-refractivity contribution in [3.05, 3.63) is 71.3 Å². The zero-order valence-electron chi connectivity index (χ0n) is 14.0. The molecule has 6 heteroatoms. The summed E-state index contributed by atoms with van der Waals surface area (Å²) in [5.41, 5.74) is 7.05. The van der Waals surface area contributed by atoms with E-state index >= 15 is 0 Å². The lowest BCUT2D eigenvalue weighted by Gasteiger charge is -2.20. The van der Waals surface area contributed by atoms with E-state index in [0.717, 1.165) is 5.56 Å². The predicted octanol–water partition coefficient (Wildman–Crippen LogP) is 3.91. The van der Waals surface area contributed by atoms with Crippen molar-refractivity contribution in [1.82, 2.24) is 5.32 Å². The van der Waals surface area contributed by atoms with Gasteiger partial charge in [-0.2, -0.15) is 0 Å². The first-order valence-corrected chi connectivity index (χ1v) is 7.99. The molecule has 0 aliphatic carbocycles. The lowest BCUT2D eigenvalue weighted by Crippen LogP contribution is -2.31. The number of rotatable bonds is 7. The summed E-state index contributed by atoms with van der Waals surface area (Å²) < 4.78 is 26.9. The van der Waals surface area contributed by atoms with E-state index in [-0.39, 0.29) is 36.0 Å². The number of nitrogens with one attached hydrogen (secondary N) is 1. The second kappa shape index (κ2) is 10.1. The van der Waals surface area contributed by atoms with Crippen LogP contribution in [0, 0.1) is 11.6 Å². The van der Waals surface area contributed by atoms with Crippen LogP contribution in [0.5, 0.6) is 0 Å². The number of hydrogen-bond donors (Lipinski definition) is 2. The summed E-state index contributed by atoms with van der Waals surface area (Å²) in [6.07, 6.45) is 1.25. The number of nitrogens with two attached hydrogens (primary N) is 1. The molecule has 0 radical (unpaired) electrons. The van der Waals surface area contributed by atoms with Crippen molar-refractivity contribution in [3.63, 3.8) is 0 Å². The third-order valence-electron chi connectivity index (χ3n) is 3.74. The summed E-state index contributed by atoms with van der Waals surface area (Å²) in [6, 6.07) is 11.8. The van der Waals surface area contributed by atoms with Crippen molar-refractivity contribution in [3.8, 4) is 0 Å². The lowest BCUT2D eigenvalue weighted by atomic mass is 9.98. The Hall–Kier alpha value is -1.98. The Morgan fingerprint density at radius 3 is 2.36 bits per heavy atom. The van der Waals surface area contributed by atoms with Crippen LogP contribution in [0.25, 0.3) is 0 Å². The van der Waals surface area contributed by atoms with E-state index in [1.54, 1.807) is 24.3 Å². The normalized spacial score (nSPS) is 12.8. The van der Waals surface area contributed by atoms with Crippen LogP contribution in [0.2, 0.25) is 0 Å². The van der Waals surface area contributed by atoms with Gasteiger partial charge in [0.2, 0.25) is 5.91 Å². The van der Waals surface area contributed by atoms with Gasteiger partial charge in [-0.15, -0.1) is 12.4 Å². The van der Waals surface area contributed by atoms with E-state index in [1.165, 1.54) is 24.3 Å². The summed E-state index contributed by atoms with van der Waals surface area (Å²) in [6.45, 7) is 1.84. The second-order valence-corrected chi connectivity index (χ2v) is 6.03. The first-order chi connectivity index (χ1) is 11.4. The molecule has 25 heavy (non-hydrogen) atoms. The summed E-state index contributed by atoms with van der Waals surface area (Å²) in [5, 5.41) is 2.90. The van der Waals surface area contributed by atoms with E-state index in [4.69, 9.17) is 5.73 Å². The second-order valence-electron chi connectivity index (χ2n) is 6.03. The monoisotopic (exact) mass is 368 g/mol. The Kier molecular flexibility index (Phi) is 8.52. The highest BCUT2D eigenvalue weighted by Gasteiger charge is 2.16. The van der Waals surface area contributed by atoms with E-state index in [0.29, 0.717) is 24.8 Å². The molecule has 0 aliphatic heterocycles. The Morgan fingerprint density at radius 1 is 1.12 bits per heavy atom. The molecule has 0 heterocycles. The maximum atomic E-state index is 13.5. The van der Waals surface area contributed by atoms with Crippen LogP contribution in [0.15, 0.2) is 48.5 Å². The molecule has 1 amide bonds. The average Bonchev–Trinajstić information content (AvgIpc) is 2.52. The maximum absolute atomic E-state index is 13.5. The largest absolute Gasteiger partial charge is 0.349 e. The molecule has 3 nitrogen and oxygen atoms in total. The van der Waals surface area contributed by atoms with E-state index in [1.807, 2.05) is 6.92 Å². The standard InChI is InChI=1S/C19H22F2N2O.ClH/c1-13(22)8-9-19(24)23-18(15-5-3-7-17(21)12-15)11-14-4-2-6-16(20)10-14;/h2-7,10,12-13,18H,8-9,11,22H2,1H3,(H,23,24);1H. The van der Waals surface area contributed by atoms with Gasteiger partial charge in [0.05, 0.1) is 6.04 Å². The third kappa shape index (κ3) is 7.20. The van der Waals surface area contributed by atoms with Gasteiger partial charge in [0, 0.05) is 12.5 Å². The number of carbonyl (C=O) groups excluding carboxylic acids is 1. The topological polar surface area (TPSA) is 55.1 Å². The van der Waals surface area contributed by atoms with Crippen molar-refractivity contribution in [2.24, 2.45) is 5.73 Å². The fourth-order valence-electron chi connectivity index (χ4n) is 2.50. The molecule has 0 aliphatic rings. The lowest BCUT2D eigenvalue weighted by molar-refractivity contribution is -0.122. The molecular formula is C19H23ClF2N2O. The average molecular weight is 369 g/mol. The Morgan fingerprint density at radius 2 is 1.76 bits per heavy atom. The van der Waals surface area contributed by atoms with Crippen molar-refractivity contribution in [2.45, 2.75) is 38.3 Å². The Balaban J connectivity index is 0.00000312. The molecule has 0 fully saturated rings. The smallest absolute Gasteiger partial charge is 0.220 e. The van der Waals surface area contributed by atoms with Gasteiger partial charge in [-0.1, -0.05) is 24.3 Å². The summed E-state index contributed by atoms with van der Waals surface area (Å²) in [5.74, 6) is -0.867. The van der Waals surface area contributed by atoms with Gasteiger partial charge in [0.15, 0.2) is 0 Å². The van der Waals surface area contributed by atoms with Crippen LogP contribution in [-0.4, -0.2) is 11.9 Å². The van der Waals surface area contributed by atoms with Crippen molar-refractivity contribution in [1.29, 1.82) is 0 Å². The molecular weight excluding hydrogens is 346 g/mol. The molecule has 0 spiro atoms. The number of benzene rings is 2. The van der Waals surface area contributed by atoms with Crippen molar-refractivity contribution in [2.75, 3.05) is 0 Å². The van der Waals surface area contributed by atoms with Crippen LogP contribution in [-0.2, 0) is 11.2 Å². The van der Waals surface area contributed by atoms with Crippen LogP contribution in [0.4, 0.5) is 8.78 Å². The summed E-state index contributed by atoms with van der Waals surface area (Å²) in [7, 11) is 0. The molecule has 3 N–H and O–H groups in total. The molecule has 2 aromatic carbocycles. The summed E-state index contributed by atoms with van der Waals surface area (Å²) >= 11 is 0. The zero-order chi connectivity index (χ0) is 17.5. The van der Waals surface area contributed by atoms with Gasteiger partial charge in [-0.05, 0) is 55.2 Å². The number of halogens is 3. The minimum Gasteiger partial charge on any atom is -0.349 e. The maximum Gasteiger partial charge on any atom is 0.220 e. The SMILES string of the molecule is CC(N)CCC(=O)NC(Cc1cccc(F)c1)c1cccc(F)c1.Cl. The van der Waals surface area contributed by atoms with Crippen LogP contribution in [0.1, 0.15) is 36.9 Å². The van der Waals surface area contributed by atoms with Gasteiger partial charge in [-0.3, -0.25) is 4.79 Å². The zero-order valence-corrected chi connectivity index (χ0v) is 14.9. The molecule has 2 atom stereocenters. The van der Waals surface area contributed by atoms with Crippen molar-refractivity contribution < 1.29 is 13.6 Å². The predicted molar refractivity (Wildman–Crippen MR) is 97.5 cm³/mol. The quantitative estimate of drug-likeness (QED) is 0.778. The molecule has 0 aromatic heterocycles. The van der Waals surface area contributed by atoms with Crippen LogP contribution < -0.4 is 11.1 Å². The fraction of sp³-hybridized carbons (Fsp3) is 0.316. The minimum atomic E-state index is -0.428. The van der Waals surface area contributed by atoms with E-state index in [9.17, 15) is 13.6 Å². The Labute approximate surface area is 153 Å². The van der Waals surface area contributed by atoms with Gasteiger partial charge in [-0.25, -0.2) is 8.78 Å². The molecule has 2 rings (SSSR count). The Bertz CT molecular complexity index is 695. The van der Waals surface area contributed by atoms with E-state index < -0.39 is 6.04 Å². The van der Waals surface area contributed by atoms with Gasteiger partial charge >= 0.3 is 0 Å². The van der Waals surface area contributed by atoms with Crippen LogP contribution >= 0.6 is 12.4 Å². The molecule has 2 aromatic rings. The minimum absolute atomic E-state index is 0. The third-order valence-corrected chi connectivity index (χ3v) is 3.74. The molecule has 0 saturated carbocycles. The molecule has 2 unspecified atom stereocenters. The van der Waals surface area contributed by atoms with Gasteiger partial charge in [0.25, 0.3) is 0 Å². The molecule has 136 valence electrons. The fourth-order valence-corrected chi connectivity index (χ4v) is 2.50. The number of carbonyl (C=O) groups is 1. The highest BCUT2D eigenvalue weighted by molar-refractivity contribution is 5.85. The van der Waals surface area contributed by atoms with Crippen molar-refractivity contribution >= 4 is 18.3 Å². The van der Waals surface area contributed by atoms with Gasteiger partial charge in [0.1, 0.15) is 11.6 Å².